The standard InChI is InChI=1S/C23H29N3O5S2/c1-17-6-5-7-21(18(17)2)24-12-14-25(15-13-24)33(30,31)20-10-8-19(9-11-20)26-22(27)23(3,4)16-32(26,28)29/h5-11H,12-16H2,1-4H3. The Bertz CT molecular complexity index is 1290. The first kappa shape index (κ1) is 23.7. The summed E-state index contributed by atoms with van der Waals surface area (Å²) in [5.41, 5.74) is 2.66. The van der Waals surface area contributed by atoms with Gasteiger partial charge in [-0.3, -0.25) is 4.79 Å². The van der Waals surface area contributed by atoms with E-state index >= 15 is 0 Å². The van der Waals surface area contributed by atoms with Gasteiger partial charge in [-0.25, -0.2) is 21.1 Å². The lowest BCUT2D eigenvalue weighted by molar-refractivity contribution is -0.123. The molecule has 0 N–H and O–H groups in total. The maximum atomic E-state index is 13.2. The molecule has 178 valence electrons. The van der Waals surface area contributed by atoms with Crippen LogP contribution in [0.15, 0.2) is 47.4 Å². The minimum atomic E-state index is -3.79. The van der Waals surface area contributed by atoms with Crippen molar-refractivity contribution in [3.05, 3.63) is 53.6 Å². The monoisotopic (exact) mass is 491 g/mol. The van der Waals surface area contributed by atoms with Crippen LogP contribution in [0.4, 0.5) is 11.4 Å². The minimum Gasteiger partial charge on any atom is -0.369 e. The van der Waals surface area contributed by atoms with Crippen molar-refractivity contribution < 1.29 is 21.6 Å². The van der Waals surface area contributed by atoms with Crippen molar-refractivity contribution in [2.24, 2.45) is 5.41 Å². The SMILES string of the molecule is Cc1cccc(N2CCN(S(=O)(=O)c3ccc(N4C(=O)C(C)(C)CS4(=O)=O)cc3)CC2)c1C. The third kappa shape index (κ3) is 4.15. The van der Waals surface area contributed by atoms with E-state index in [0.29, 0.717) is 26.2 Å². The highest BCUT2D eigenvalue weighted by molar-refractivity contribution is 7.94. The van der Waals surface area contributed by atoms with Crippen LogP contribution >= 0.6 is 0 Å². The average Bonchev–Trinajstić information content (AvgIpc) is 2.92. The van der Waals surface area contributed by atoms with E-state index in [4.69, 9.17) is 0 Å². The molecular formula is C23H29N3O5S2. The molecule has 0 saturated carbocycles. The number of benzene rings is 2. The number of carbonyl (C=O) groups is 1. The van der Waals surface area contributed by atoms with E-state index in [-0.39, 0.29) is 16.3 Å². The van der Waals surface area contributed by atoms with Gasteiger partial charge in [-0.15, -0.1) is 0 Å². The number of nitrogens with zero attached hydrogens (tertiary/aromatic N) is 3. The first-order valence-corrected chi connectivity index (χ1v) is 13.9. The Morgan fingerprint density at radius 2 is 1.52 bits per heavy atom. The molecule has 0 unspecified atom stereocenters. The highest BCUT2D eigenvalue weighted by Gasteiger charge is 2.50. The summed E-state index contributed by atoms with van der Waals surface area (Å²) in [4.78, 5) is 14.9. The molecule has 0 aliphatic carbocycles. The van der Waals surface area contributed by atoms with Crippen LogP contribution in [0.5, 0.6) is 0 Å². The molecule has 0 bridgehead atoms. The van der Waals surface area contributed by atoms with Crippen molar-refractivity contribution in [2.45, 2.75) is 32.6 Å². The molecule has 0 radical (unpaired) electrons. The average molecular weight is 492 g/mol. The number of aryl methyl sites for hydroxylation is 1. The Kier molecular flexibility index (Phi) is 5.83. The first-order chi connectivity index (χ1) is 15.3. The zero-order valence-corrected chi connectivity index (χ0v) is 20.9. The first-order valence-electron chi connectivity index (χ1n) is 10.8. The van der Waals surface area contributed by atoms with Crippen molar-refractivity contribution in [1.29, 1.82) is 0 Å². The summed E-state index contributed by atoms with van der Waals surface area (Å²) in [5.74, 6) is -0.787. The van der Waals surface area contributed by atoms with Gasteiger partial charge in [0.1, 0.15) is 0 Å². The van der Waals surface area contributed by atoms with Gasteiger partial charge in [0.2, 0.25) is 26.0 Å². The van der Waals surface area contributed by atoms with Crippen LogP contribution in [-0.4, -0.2) is 59.0 Å². The lowest BCUT2D eigenvalue weighted by Gasteiger charge is -2.36. The van der Waals surface area contributed by atoms with E-state index in [9.17, 15) is 21.6 Å². The smallest absolute Gasteiger partial charge is 0.247 e. The fraction of sp³-hybridized carbons (Fsp3) is 0.435. The Morgan fingerprint density at radius 1 is 0.909 bits per heavy atom. The predicted molar refractivity (Wildman–Crippen MR) is 128 cm³/mol. The Morgan fingerprint density at radius 3 is 2.06 bits per heavy atom. The molecule has 10 heteroatoms. The second-order valence-corrected chi connectivity index (χ2v) is 13.1. The number of rotatable bonds is 4. The summed E-state index contributed by atoms with van der Waals surface area (Å²) in [6.07, 6.45) is 0. The summed E-state index contributed by atoms with van der Waals surface area (Å²) in [5, 5.41) is 0. The minimum absolute atomic E-state index is 0.0785. The molecule has 4 rings (SSSR count). The Labute approximate surface area is 195 Å². The molecule has 2 saturated heterocycles. The maximum Gasteiger partial charge on any atom is 0.247 e. The van der Waals surface area contributed by atoms with Gasteiger partial charge in [0, 0.05) is 31.9 Å². The molecule has 1 amide bonds. The van der Waals surface area contributed by atoms with E-state index < -0.39 is 31.4 Å². The zero-order valence-electron chi connectivity index (χ0n) is 19.3. The van der Waals surface area contributed by atoms with Crippen molar-refractivity contribution in [1.82, 2.24) is 4.31 Å². The molecule has 2 aromatic carbocycles. The third-order valence-corrected chi connectivity index (χ3v) is 10.4. The van der Waals surface area contributed by atoms with E-state index in [0.717, 1.165) is 9.99 Å². The van der Waals surface area contributed by atoms with Crippen LogP contribution in [-0.2, 0) is 24.8 Å². The molecule has 2 aliphatic rings. The number of hydrogen-bond acceptors (Lipinski definition) is 6. The molecular weight excluding hydrogens is 462 g/mol. The summed E-state index contributed by atoms with van der Waals surface area (Å²) < 4.78 is 53.6. The second-order valence-electron chi connectivity index (χ2n) is 9.31. The summed E-state index contributed by atoms with van der Waals surface area (Å²) in [6.45, 7) is 9.17. The van der Waals surface area contributed by atoms with Gasteiger partial charge < -0.3 is 4.90 Å². The lowest BCUT2D eigenvalue weighted by Crippen LogP contribution is -2.48. The van der Waals surface area contributed by atoms with Crippen LogP contribution in [0.2, 0.25) is 0 Å². The topological polar surface area (TPSA) is 95.1 Å². The largest absolute Gasteiger partial charge is 0.369 e. The molecule has 2 heterocycles. The quantitative estimate of drug-likeness (QED) is 0.652. The van der Waals surface area contributed by atoms with E-state index in [1.54, 1.807) is 13.8 Å². The Hall–Kier alpha value is -2.43. The number of sulfonamides is 2. The molecule has 0 atom stereocenters. The molecule has 2 fully saturated rings. The van der Waals surface area contributed by atoms with Crippen molar-refractivity contribution in [2.75, 3.05) is 41.1 Å². The molecule has 2 aromatic rings. The van der Waals surface area contributed by atoms with Crippen molar-refractivity contribution >= 4 is 37.3 Å². The number of piperazine rings is 1. The molecule has 8 nitrogen and oxygen atoms in total. The summed E-state index contributed by atoms with van der Waals surface area (Å²) >= 11 is 0. The molecule has 0 aromatic heterocycles. The maximum absolute atomic E-state index is 13.2. The summed E-state index contributed by atoms with van der Waals surface area (Å²) in [6, 6.07) is 11.6. The van der Waals surface area contributed by atoms with Gasteiger partial charge in [-0.1, -0.05) is 12.1 Å². The van der Waals surface area contributed by atoms with Gasteiger partial charge in [0.25, 0.3) is 0 Å². The highest BCUT2D eigenvalue weighted by atomic mass is 32.2. The highest BCUT2D eigenvalue weighted by Crippen LogP contribution is 2.36. The molecule has 33 heavy (non-hydrogen) atoms. The molecule has 2 aliphatic heterocycles. The van der Waals surface area contributed by atoms with Crippen LogP contribution < -0.4 is 9.21 Å². The van der Waals surface area contributed by atoms with E-state index in [1.165, 1.54) is 39.7 Å². The second kappa shape index (κ2) is 8.11. The van der Waals surface area contributed by atoms with E-state index in [2.05, 4.69) is 30.9 Å². The fourth-order valence-electron chi connectivity index (χ4n) is 4.41. The van der Waals surface area contributed by atoms with Crippen LogP contribution in [0.25, 0.3) is 0 Å². The Balaban J connectivity index is 1.51. The predicted octanol–water partition coefficient (Wildman–Crippen LogP) is 2.52. The van der Waals surface area contributed by atoms with Crippen LogP contribution in [0, 0.1) is 19.3 Å². The van der Waals surface area contributed by atoms with Crippen LogP contribution in [0.3, 0.4) is 0 Å². The van der Waals surface area contributed by atoms with Crippen molar-refractivity contribution in [3.8, 4) is 0 Å². The molecule has 0 spiro atoms. The van der Waals surface area contributed by atoms with Gasteiger partial charge >= 0.3 is 0 Å². The normalized spacial score (nSPS) is 20.9. The van der Waals surface area contributed by atoms with Gasteiger partial charge in [0.15, 0.2) is 0 Å². The van der Waals surface area contributed by atoms with Crippen LogP contribution in [0.1, 0.15) is 25.0 Å². The number of carbonyl (C=O) groups excluding carboxylic acids is 1. The van der Waals surface area contributed by atoms with E-state index in [1.807, 2.05) is 6.07 Å². The number of amides is 1. The van der Waals surface area contributed by atoms with Crippen molar-refractivity contribution in [3.63, 3.8) is 0 Å². The number of anilines is 2. The summed E-state index contributed by atoms with van der Waals surface area (Å²) in [7, 11) is -7.52. The van der Waals surface area contributed by atoms with Gasteiger partial charge in [-0.05, 0) is 69.2 Å². The number of hydrogen-bond donors (Lipinski definition) is 0. The van der Waals surface area contributed by atoms with Gasteiger partial charge in [0.05, 0.1) is 21.8 Å². The fourth-order valence-corrected chi connectivity index (χ4v) is 7.94. The lowest BCUT2D eigenvalue weighted by atomic mass is 9.95. The van der Waals surface area contributed by atoms with Gasteiger partial charge in [-0.2, -0.15) is 4.31 Å². The third-order valence-electron chi connectivity index (χ3n) is 6.45. The zero-order chi connectivity index (χ0) is 24.2.